The zero-order chi connectivity index (χ0) is 15.5. The third-order valence-corrected chi connectivity index (χ3v) is 3.24. The van der Waals surface area contributed by atoms with E-state index in [-0.39, 0.29) is 12.4 Å². The van der Waals surface area contributed by atoms with Crippen LogP contribution in [0.15, 0.2) is 18.2 Å². The van der Waals surface area contributed by atoms with Gasteiger partial charge >= 0.3 is 0 Å². The van der Waals surface area contributed by atoms with Crippen molar-refractivity contribution in [3.8, 4) is 11.5 Å². The van der Waals surface area contributed by atoms with Crippen LogP contribution in [0.4, 0.5) is 5.69 Å². The van der Waals surface area contributed by atoms with E-state index in [0.717, 1.165) is 23.7 Å². The third-order valence-electron chi connectivity index (χ3n) is 3.24. The molecule has 1 heterocycles. The van der Waals surface area contributed by atoms with E-state index in [9.17, 15) is 5.11 Å². The van der Waals surface area contributed by atoms with Crippen molar-refractivity contribution in [3.05, 3.63) is 18.2 Å². The van der Waals surface area contributed by atoms with E-state index in [2.05, 4.69) is 11.8 Å². The summed E-state index contributed by atoms with van der Waals surface area (Å²) in [5, 5.41) is 10.1. The highest BCUT2D eigenvalue weighted by atomic mass is 16.7. The Morgan fingerprint density at radius 1 is 1.29 bits per heavy atom. The van der Waals surface area contributed by atoms with Crippen molar-refractivity contribution in [1.29, 1.82) is 0 Å². The summed E-state index contributed by atoms with van der Waals surface area (Å²) in [7, 11) is 0. The quantitative estimate of drug-likeness (QED) is 0.873. The van der Waals surface area contributed by atoms with Gasteiger partial charge in [-0.05, 0) is 39.8 Å². The SMILES string of the molecule is CCN(CC(O)COC(C)(C)C)c1ccc2c(c1)OCO2. The van der Waals surface area contributed by atoms with Crippen LogP contribution in [0.5, 0.6) is 11.5 Å². The molecule has 0 bridgehead atoms. The fourth-order valence-corrected chi connectivity index (χ4v) is 2.15. The molecule has 1 aromatic carbocycles. The first-order chi connectivity index (χ1) is 9.89. The zero-order valence-electron chi connectivity index (χ0n) is 13.3. The molecule has 0 saturated carbocycles. The molecule has 5 nitrogen and oxygen atoms in total. The highest BCUT2D eigenvalue weighted by Crippen LogP contribution is 2.35. The molecule has 1 unspecified atom stereocenters. The van der Waals surface area contributed by atoms with Gasteiger partial charge in [0.15, 0.2) is 11.5 Å². The van der Waals surface area contributed by atoms with E-state index in [1.165, 1.54) is 0 Å². The van der Waals surface area contributed by atoms with Crippen molar-refractivity contribution >= 4 is 5.69 Å². The van der Waals surface area contributed by atoms with E-state index in [1.54, 1.807) is 0 Å². The van der Waals surface area contributed by atoms with Gasteiger partial charge in [0.25, 0.3) is 0 Å². The van der Waals surface area contributed by atoms with Crippen molar-refractivity contribution < 1.29 is 19.3 Å². The summed E-state index contributed by atoms with van der Waals surface area (Å²) in [6, 6.07) is 5.83. The fourth-order valence-electron chi connectivity index (χ4n) is 2.15. The summed E-state index contributed by atoms with van der Waals surface area (Å²) in [5.74, 6) is 1.53. The van der Waals surface area contributed by atoms with Gasteiger partial charge in [-0.3, -0.25) is 0 Å². The largest absolute Gasteiger partial charge is 0.454 e. The molecule has 0 aliphatic carbocycles. The molecule has 21 heavy (non-hydrogen) atoms. The van der Waals surface area contributed by atoms with Crippen LogP contribution in [0, 0.1) is 0 Å². The second-order valence-electron chi connectivity index (χ2n) is 6.15. The van der Waals surface area contributed by atoms with Crippen molar-refractivity contribution in [3.63, 3.8) is 0 Å². The van der Waals surface area contributed by atoms with Crippen LogP contribution in [0.3, 0.4) is 0 Å². The van der Waals surface area contributed by atoms with Gasteiger partial charge in [-0.25, -0.2) is 0 Å². The van der Waals surface area contributed by atoms with Gasteiger partial charge in [-0.1, -0.05) is 0 Å². The smallest absolute Gasteiger partial charge is 0.231 e. The standard InChI is InChI=1S/C16H25NO4/c1-5-17(9-13(18)10-21-16(2,3)4)12-6-7-14-15(8-12)20-11-19-14/h6-8,13,18H,5,9-11H2,1-4H3. The van der Waals surface area contributed by atoms with Crippen LogP contribution in [-0.2, 0) is 4.74 Å². The zero-order valence-corrected chi connectivity index (χ0v) is 13.3. The molecule has 1 aliphatic rings. The highest BCUT2D eigenvalue weighted by molar-refractivity contribution is 5.57. The average molecular weight is 295 g/mol. The molecular formula is C16H25NO4. The van der Waals surface area contributed by atoms with E-state index in [0.29, 0.717) is 13.2 Å². The number of benzene rings is 1. The Kier molecular flexibility index (Phi) is 4.96. The molecule has 1 atom stereocenters. The summed E-state index contributed by atoms with van der Waals surface area (Å²) in [5.41, 5.74) is 0.771. The predicted molar refractivity (Wildman–Crippen MR) is 82.2 cm³/mol. The number of nitrogens with zero attached hydrogens (tertiary/aromatic N) is 1. The van der Waals surface area contributed by atoms with E-state index < -0.39 is 6.10 Å². The first-order valence-electron chi connectivity index (χ1n) is 7.35. The van der Waals surface area contributed by atoms with E-state index in [1.807, 2.05) is 39.0 Å². The molecule has 5 heteroatoms. The molecule has 0 spiro atoms. The molecule has 0 radical (unpaired) electrons. The Labute approximate surface area is 126 Å². The normalized spacial score (nSPS) is 15.1. The summed E-state index contributed by atoms with van der Waals surface area (Å²) in [6.07, 6.45) is -0.533. The lowest BCUT2D eigenvalue weighted by molar-refractivity contribution is -0.0463. The lowest BCUT2D eigenvalue weighted by atomic mass is 10.2. The van der Waals surface area contributed by atoms with E-state index >= 15 is 0 Å². The lowest BCUT2D eigenvalue weighted by Crippen LogP contribution is -2.36. The Morgan fingerprint density at radius 2 is 2.00 bits per heavy atom. The highest BCUT2D eigenvalue weighted by Gasteiger charge is 2.19. The lowest BCUT2D eigenvalue weighted by Gasteiger charge is -2.28. The monoisotopic (exact) mass is 295 g/mol. The number of hydrogen-bond donors (Lipinski definition) is 1. The first-order valence-corrected chi connectivity index (χ1v) is 7.35. The van der Waals surface area contributed by atoms with Gasteiger partial charge < -0.3 is 24.2 Å². The third kappa shape index (κ3) is 4.51. The maximum absolute atomic E-state index is 10.1. The second kappa shape index (κ2) is 6.54. The van der Waals surface area contributed by atoms with Gasteiger partial charge in [0.1, 0.15) is 0 Å². The van der Waals surface area contributed by atoms with Gasteiger partial charge in [0, 0.05) is 24.8 Å². The number of ether oxygens (including phenoxy) is 3. The van der Waals surface area contributed by atoms with Crippen LogP contribution in [0.25, 0.3) is 0 Å². The number of likely N-dealkylation sites (N-methyl/N-ethyl adjacent to an activating group) is 1. The molecular weight excluding hydrogens is 270 g/mol. The van der Waals surface area contributed by atoms with Crippen LogP contribution < -0.4 is 14.4 Å². The number of aliphatic hydroxyl groups is 1. The van der Waals surface area contributed by atoms with Gasteiger partial charge in [-0.2, -0.15) is 0 Å². The Hall–Kier alpha value is -1.46. The minimum Gasteiger partial charge on any atom is -0.454 e. The summed E-state index contributed by atoms with van der Waals surface area (Å²) in [4.78, 5) is 2.10. The first kappa shape index (κ1) is 15.9. The molecule has 2 rings (SSSR count). The molecule has 118 valence electrons. The number of fused-ring (bicyclic) bond motifs is 1. The van der Waals surface area contributed by atoms with Crippen molar-refractivity contribution in [2.75, 3.05) is 31.4 Å². The molecule has 0 saturated heterocycles. The average Bonchev–Trinajstić information content (AvgIpc) is 2.89. The van der Waals surface area contributed by atoms with Crippen LogP contribution in [0.1, 0.15) is 27.7 Å². The number of hydrogen-bond acceptors (Lipinski definition) is 5. The molecule has 1 N–H and O–H groups in total. The Morgan fingerprint density at radius 3 is 2.67 bits per heavy atom. The fraction of sp³-hybridized carbons (Fsp3) is 0.625. The van der Waals surface area contributed by atoms with Gasteiger partial charge in [0.2, 0.25) is 6.79 Å². The van der Waals surface area contributed by atoms with Crippen molar-refractivity contribution in [2.24, 2.45) is 0 Å². The molecule has 0 aromatic heterocycles. The molecule has 0 amide bonds. The maximum Gasteiger partial charge on any atom is 0.231 e. The maximum atomic E-state index is 10.1. The number of anilines is 1. The van der Waals surface area contributed by atoms with Crippen molar-refractivity contribution in [2.45, 2.75) is 39.4 Å². The van der Waals surface area contributed by atoms with E-state index in [4.69, 9.17) is 14.2 Å². The van der Waals surface area contributed by atoms with Crippen LogP contribution in [-0.4, -0.2) is 43.3 Å². The molecule has 0 fully saturated rings. The van der Waals surface area contributed by atoms with Crippen molar-refractivity contribution in [1.82, 2.24) is 0 Å². The summed E-state index contributed by atoms with van der Waals surface area (Å²) >= 11 is 0. The topological polar surface area (TPSA) is 51.2 Å². The summed E-state index contributed by atoms with van der Waals surface area (Å²) < 4.78 is 16.3. The Bertz CT molecular complexity index is 470. The Balaban J connectivity index is 1.96. The van der Waals surface area contributed by atoms with Gasteiger partial charge in [0.05, 0.1) is 18.3 Å². The molecule has 1 aliphatic heterocycles. The minimum atomic E-state index is -0.533. The predicted octanol–water partition coefficient (Wildman–Crippen LogP) is 2.42. The minimum absolute atomic E-state index is 0.239. The van der Waals surface area contributed by atoms with Crippen LogP contribution >= 0.6 is 0 Å². The summed E-state index contributed by atoms with van der Waals surface area (Å²) in [6.45, 7) is 9.91. The van der Waals surface area contributed by atoms with Gasteiger partial charge in [-0.15, -0.1) is 0 Å². The number of aliphatic hydroxyl groups excluding tert-OH is 1. The second-order valence-corrected chi connectivity index (χ2v) is 6.15. The number of rotatable bonds is 6. The molecule has 1 aromatic rings. The van der Waals surface area contributed by atoms with Crippen LogP contribution in [0.2, 0.25) is 0 Å².